The van der Waals surface area contributed by atoms with Gasteiger partial charge < -0.3 is 15.6 Å². The third kappa shape index (κ3) is 4.05. The summed E-state index contributed by atoms with van der Waals surface area (Å²) in [5.74, 6) is 1.55. The summed E-state index contributed by atoms with van der Waals surface area (Å²) in [4.78, 5) is 5.43. The van der Waals surface area contributed by atoms with Crippen LogP contribution in [-0.2, 0) is 6.54 Å². The molecule has 0 unspecified atom stereocenters. The van der Waals surface area contributed by atoms with E-state index < -0.39 is 6.04 Å². The highest BCUT2D eigenvalue weighted by Gasteiger charge is 2.09. The Morgan fingerprint density at radius 1 is 1.21 bits per heavy atom. The van der Waals surface area contributed by atoms with E-state index in [1.54, 1.807) is 24.3 Å². The fourth-order valence-corrected chi connectivity index (χ4v) is 2.03. The molecule has 3 N–H and O–H groups in total. The number of hydrogen-bond acceptors (Lipinski definition) is 7. The van der Waals surface area contributed by atoms with E-state index in [4.69, 9.17) is 27.2 Å². The molecule has 0 aliphatic rings. The fraction of sp³-hybridized carbons (Fsp3) is 0.200. The van der Waals surface area contributed by atoms with Gasteiger partial charge in [-0.3, -0.25) is 0 Å². The van der Waals surface area contributed by atoms with Gasteiger partial charge in [0.2, 0.25) is 11.7 Å². The molecule has 0 saturated heterocycles. The van der Waals surface area contributed by atoms with Crippen molar-refractivity contribution >= 4 is 11.6 Å². The molecule has 0 spiro atoms. The van der Waals surface area contributed by atoms with E-state index in [1.807, 2.05) is 12.1 Å². The molecule has 3 rings (SSSR count). The monoisotopic (exact) mass is 346 g/mol. The third-order valence-electron chi connectivity index (χ3n) is 3.12. The maximum Gasteiger partial charge on any atom is 0.219 e. The molecule has 0 radical (unpaired) electrons. The van der Waals surface area contributed by atoms with Crippen LogP contribution in [0.5, 0.6) is 11.6 Å². The van der Waals surface area contributed by atoms with Crippen molar-refractivity contribution in [3.63, 3.8) is 0 Å². The Labute approximate surface area is 142 Å². The molecule has 124 valence electrons. The number of benzene rings is 1. The number of ether oxygens (including phenoxy) is 1. The van der Waals surface area contributed by atoms with Crippen molar-refractivity contribution < 1.29 is 9.84 Å². The van der Waals surface area contributed by atoms with Gasteiger partial charge in [-0.2, -0.15) is 4.80 Å². The Balaban J connectivity index is 1.69. The molecule has 0 bridgehead atoms. The molecule has 0 amide bonds. The van der Waals surface area contributed by atoms with Crippen LogP contribution >= 0.6 is 11.6 Å². The first-order chi connectivity index (χ1) is 11.6. The predicted octanol–water partition coefficient (Wildman–Crippen LogP) is 1.50. The number of aliphatic hydroxyl groups excluding tert-OH is 1. The predicted molar refractivity (Wildman–Crippen MR) is 87.6 cm³/mol. The van der Waals surface area contributed by atoms with E-state index in [0.29, 0.717) is 29.0 Å². The minimum absolute atomic E-state index is 0.137. The number of rotatable bonds is 6. The molecule has 1 aromatic carbocycles. The van der Waals surface area contributed by atoms with E-state index in [9.17, 15) is 0 Å². The van der Waals surface area contributed by atoms with E-state index in [0.717, 1.165) is 5.56 Å². The van der Waals surface area contributed by atoms with Crippen molar-refractivity contribution in [1.29, 1.82) is 0 Å². The molecule has 9 heteroatoms. The van der Waals surface area contributed by atoms with Gasteiger partial charge in [0.1, 0.15) is 5.75 Å². The Kier molecular flexibility index (Phi) is 4.99. The van der Waals surface area contributed by atoms with Gasteiger partial charge in [-0.15, -0.1) is 10.2 Å². The molecular weight excluding hydrogens is 332 g/mol. The Hall–Kier alpha value is -2.55. The van der Waals surface area contributed by atoms with Gasteiger partial charge in [-0.05, 0) is 35.5 Å². The van der Waals surface area contributed by atoms with E-state index in [-0.39, 0.29) is 6.61 Å². The number of hydrogen-bond donors (Lipinski definition) is 2. The SMILES string of the molecule is N[C@@H](CO)Cn1nnc(-c2ccc(Oc3ccc(Cl)cn3)cc2)n1. The molecule has 1 atom stereocenters. The van der Waals surface area contributed by atoms with Gasteiger partial charge >= 0.3 is 0 Å². The van der Waals surface area contributed by atoms with Gasteiger partial charge in [0, 0.05) is 23.9 Å². The first kappa shape index (κ1) is 16.3. The van der Waals surface area contributed by atoms with Crippen molar-refractivity contribution in [1.82, 2.24) is 25.2 Å². The second kappa shape index (κ2) is 7.35. The minimum atomic E-state index is -0.422. The van der Waals surface area contributed by atoms with E-state index in [2.05, 4.69) is 20.4 Å². The van der Waals surface area contributed by atoms with Gasteiger partial charge in [0.05, 0.1) is 18.2 Å². The molecule has 0 aliphatic heterocycles. The lowest BCUT2D eigenvalue weighted by Crippen LogP contribution is -2.30. The van der Waals surface area contributed by atoms with E-state index >= 15 is 0 Å². The third-order valence-corrected chi connectivity index (χ3v) is 3.34. The van der Waals surface area contributed by atoms with Crippen LogP contribution in [0.3, 0.4) is 0 Å². The first-order valence-electron chi connectivity index (χ1n) is 7.18. The first-order valence-corrected chi connectivity index (χ1v) is 7.56. The topological polar surface area (TPSA) is 112 Å². The Morgan fingerprint density at radius 2 is 2.00 bits per heavy atom. The normalized spacial score (nSPS) is 12.1. The van der Waals surface area contributed by atoms with Crippen molar-refractivity contribution in [2.24, 2.45) is 5.73 Å². The minimum Gasteiger partial charge on any atom is -0.439 e. The van der Waals surface area contributed by atoms with Crippen LogP contribution in [0.15, 0.2) is 42.6 Å². The fourth-order valence-electron chi connectivity index (χ4n) is 1.92. The average molecular weight is 347 g/mol. The summed E-state index contributed by atoms with van der Waals surface area (Å²) in [7, 11) is 0. The Morgan fingerprint density at radius 3 is 2.67 bits per heavy atom. The molecule has 24 heavy (non-hydrogen) atoms. The number of nitrogens with two attached hydrogens (primary N) is 1. The highest BCUT2D eigenvalue weighted by atomic mass is 35.5. The second-order valence-corrected chi connectivity index (χ2v) is 5.49. The summed E-state index contributed by atoms with van der Waals surface area (Å²) < 4.78 is 5.62. The standard InChI is InChI=1S/C15H15ClN6O2/c16-11-3-6-14(18-7-11)24-13-4-1-10(2-5-13)15-19-21-22(20-15)8-12(17)9-23/h1-7,12,23H,8-9,17H2/t12-/m1/s1. The summed E-state index contributed by atoms with van der Waals surface area (Å²) in [5, 5.41) is 21.6. The number of aromatic nitrogens is 5. The van der Waals surface area contributed by atoms with Crippen LogP contribution in [0, 0.1) is 0 Å². The maximum absolute atomic E-state index is 8.95. The van der Waals surface area contributed by atoms with Crippen LogP contribution < -0.4 is 10.5 Å². The van der Waals surface area contributed by atoms with Crippen LogP contribution in [0.1, 0.15) is 0 Å². The lowest BCUT2D eigenvalue weighted by atomic mass is 10.2. The zero-order valence-electron chi connectivity index (χ0n) is 12.6. The van der Waals surface area contributed by atoms with Crippen LogP contribution in [-0.4, -0.2) is 42.9 Å². The molecule has 0 aliphatic carbocycles. The quantitative estimate of drug-likeness (QED) is 0.695. The molecule has 8 nitrogen and oxygen atoms in total. The summed E-state index contributed by atoms with van der Waals surface area (Å²) in [6.45, 7) is 0.161. The zero-order valence-corrected chi connectivity index (χ0v) is 13.3. The lowest BCUT2D eigenvalue weighted by Gasteiger charge is -2.05. The molecule has 0 saturated carbocycles. The summed E-state index contributed by atoms with van der Waals surface area (Å²) in [6.07, 6.45) is 1.52. The van der Waals surface area contributed by atoms with Gasteiger partial charge in [-0.25, -0.2) is 4.98 Å². The van der Waals surface area contributed by atoms with Crippen LogP contribution in [0.25, 0.3) is 11.4 Å². The maximum atomic E-state index is 8.95. The van der Waals surface area contributed by atoms with Crippen LogP contribution in [0.4, 0.5) is 0 Å². The van der Waals surface area contributed by atoms with Gasteiger partial charge in [0.15, 0.2) is 0 Å². The highest BCUT2D eigenvalue weighted by Crippen LogP contribution is 2.23. The smallest absolute Gasteiger partial charge is 0.219 e. The van der Waals surface area contributed by atoms with Gasteiger partial charge in [0.25, 0.3) is 0 Å². The molecule has 3 aromatic rings. The number of pyridine rings is 1. The molecule has 0 fully saturated rings. The van der Waals surface area contributed by atoms with Crippen molar-refractivity contribution in [3.8, 4) is 23.0 Å². The zero-order chi connectivity index (χ0) is 16.9. The second-order valence-electron chi connectivity index (χ2n) is 5.05. The summed E-state index contributed by atoms with van der Waals surface area (Å²) in [5.41, 5.74) is 6.43. The summed E-state index contributed by atoms with van der Waals surface area (Å²) in [6, 6.07) is 10.2. The number of tetrazole rings is 1. The summed E-state index contributed by atoms with van der Waals surface area (Å²) >= 11 is 5.78. The largest absolute Gasteiger partial charge is 0.439 e. The van der Waals surface area contributed by atoms with Crippen molar-refractivity contribution in [2.45, 2.75) is 12.6 Å². The number of nitrogens with zero attached hydrogens (tertiary/aromatic N) is 5. The highest BCUT2D eigenvalue weighted by molar-refractivity contribution is 6.30. The van der Waals surface area contributed by atoms with Gasteiger partial charge in [-0.1, -0.05) is 11.6 Å². The van der Waals surface area contributed by atoms with Crippen LogP contribution in [0.2, 0.25) is 5.02 Å². The number of halogens is 1. The van der Waals surface area contributed by atoms with Crippen molar-refractivity contribution in [3.05, 3.63) is 47.6 Å². The lowest BCUT2D eigenvalue weighted by molar-refractivity contribution is 0.245. The van der Waals surface area contributed by atoms with E-state index in [1.165, 1.54) is 11.0 Å². The molecular formula is C15H15ClN6O2. The average Bonchev–Trinajstić information content (AvgIpc) is 3.06. The number of aliphatic hydroxyl groups is 1. The molecule has 2 aromatic heterocycles. The Bertz CT molecular complexity index is 790. The van der Waals surface area contributed by atoms with Crippen molar-refractivity contribution in [2.75, 3.05) is 6.61 Å². The molecule has 2 heterocycles.